The molecule has 0 radical (unpaired) electrons. The number of nitrogens with zero attached hydrogens (tertiary/aromatic N) is 1. The maximum Gasteiger partial charge on any atom is 0.130 e. The summed E-state index contributed by atoms with van der Waals surface area (Å²) >= 11 is 5.84. The second-order valence-electron chi connectivity index (χ2n) is 3.81. The predicted octanol–water partition coefficient (Wildman–Crippen LogP) is 3.39. The van der Waals surface area contributed by atoms with Crippen molar-refractivity contribution in [3.8, 4) is 5.75 Å². The standard InChI is InChI=1S/C14H16ClNO2/c1-2-17-7-8-18-14-9-11(10-15)16-13-6-4-3-5-12(13)14/h3-6,9H,2,7-8,10H2,1H3. The molecular weight excluding hydrogens is 250 g/mol. The van der Waals surface area contributed by atoms with Gasteiger partial charge < -0.3 is 9.47 Å². The summed E-state index contributed by atoms with van der Waals surface area (Å²) in [7, 11) is 0. The van der Waals surface area contributed by atoms with Gasteiger partial charge in [0, 0.05) is 18.1 Å². The van der Waals surface area contributed by atoms with Gasteiger partial charge in [-0.1, -0.05) is 12.1 Å². The van der Waals surface area contributed by atoms with Gasteiger partial charge in [0.1, 0.15) is 12.4 Å². The second-order valence-corrected chi connectivity index (χ2v) is 4.08. The van der Waals surface area contributed by atoms with Crippen LogP contribution in [0, 0.1) is 0 Å². The molecule has 2 rings (SSSR count). The molecule has 1 heterocycles. The maximum absolute atomic E-state index is 5.84. The molecule has 3 nitrogen and oxygen atoms in total. The highest BCUT2D eigenvalue weighted by atomic mass is 35.5. The highest BCUT2D eigenvalue weighted by Crippen LogP contribution is 2.25. The molecule has 0 bridgehead atoms. The highest BCUT2D eigenvalue weighted by molar-refractivity contribution is 6.17. The number of alkyl halides is 1. The van der Waals surface area contributed by atoms with Crippen molar-refractivity contribution in [1.82, 2.24) is 4.98 Å². The fraction of sp³-hybridized carbons (Fsp3) is 0.357. The van der Waals surface area contributed by atoms with Crippen molar-refractivity contribution in [2.24, 2.45) is 0 Å². The topological polar surface area (TPSA) is 31.4 Å². The van der Waals surface area contributed by atoms with Crippen LogP contribution in [0.15, 0.2) is 30.3 Å². The molecule has 4 heteroatoms. The van der Waals surface area contributed by atoms with Crippen LogP contribution in [0.2, 0.25) is 0 Å². The number of para-hydroxylation sites is 1. The van der Waals surface area contributed by atoms with Crippen LogP contribution in [0.25, 0.3) is 10.9 Å². The van der Waals surface area contributed by atoms with E-state index in [0.717, 1.165) is 22.3 Å². The van der Waals surface area contributed by atoms with Gasteiger partial charge in [-0.15, -0.1) is 11.6 Å². The van der Waals surface area contributed by atoms with Gasteiger partial charge in [0.05, 0.1) is 23.7 Å². The van der Waals surface area contributed by atoms with Crippen molar-refractivity contribution in [3.63, 3.8) is 0 Å². The van der Waals surface area contributed by atoms with Gasteiger partial charge in [0.15, 0.2) is 0 Å². The molecule has 0 saturated heterocycles. The molecule has 0 unspecified atom stereocenters. The molecule has 96 valence electrons. The zero-order chi connectivity index (χ0) is 12.8. The van der Waals surface area contributed by atoms with E-state index in [-0.39, 0.29) is 0 Å². The highest BCUT2D eigenvalue weighted by Gasteiger charge is 2.06. The number of ether oxygens (including phenoxy) is 2. The zero-order valence-corrected chi connectivity index (χ0v) is 11.1. The number of pyridine rings is 1. The minimum Gasteiger partial charge on any atom is -0.490 e. The van der Waals surface area contributed by atoms with Crippen LogP contribution in [0.5, 0.6) is 5.75 Å². The summed E-state index contributed by atoms with van der Waals surface area (Å²) in [4.78, 5) is 4.46. The van der Waals surface area contributed by atoms with Crippen LogP contribution in [-0.2, 0) is 10.6 Å². The Labute approximate surface area is 112 Å². The molecule has 0 N–H and O–H groups in total. The fourth-order valence-electron chi connectivity index (χ4n) is 1.74. The van der Waals surface area contributed by atoms with E-state index in [1.807, 2.05) is 37.3 Å². The summed E-state index contributed by atoms with van der Waals surface area (Å²) in [5.74, 6) is 1.20. The van der Waals surface area contributed by atoms with Crippen LogP contribution >= 0.6 is 11.6 Å². The quantitative estimate of drug-likeness (QED) is 0.593. The van der Waals surface area contributed by atoms with Crippen molar-refractivity contribution in [2.75, 3.05) is 19.8 Å². The minimum atomic E-state index is 0.382. The van der Waals surface area contributed by atoms with E-state index in [4.69, 9.17) is 21.1 Å². The second kappa shape index (κ2) is 6.57. The molecule has 0 spiro atoms. The number of rotatable bonds is 6. The summed E-state index contributed by atoms with van der Waals surface area (Å²) < 4.78 is 11.0. The smallest absolute Gasteiger partial charge is 0.130 e. The van der Waals surface area contributed by atoms with E-state index in [0.29, 0.717) is 25.7 Å². The maximum atomic E-state index is 5.84. The molecule has 1 aromatic carbocycles. The first-order chi connectivity index (χ1) is 8.85. The van der Waals surface area contributed by atoms with Gasteiger partial charge >= 0.3 is 0 Å². The molecule has 0 atom stereocenters. The van der Waals surface area contributed by atoms with Gasteiger partial charge in [0.25, 0.3) is 0 Å². The lowest BCUT2D eigenvalue weighted by Gasteiger charge is -2.10. The van der Waals surface area contributed by atoms with Crippen molar-refractivity contribution < 1.29 is 9.47 Å². The molecule has 0 amide bonds. The zero-order valence-electron chi connectivity index (χ0n) is 10.4. The summed E-state index contributed by atoms with van der Waals surface area (Å²) in [6.07, 6.45) is 0. The van der Waals surface area contributed by atoms with Crippen molar-refractivity contribution in [1.29, 1.82) is 0 Å². The number of fused-ring (bicyclic) bond motifs is 1. The lowest BCUT2D eigenvalue weighted by atomic mass is 10.2. The Hall–Kier alpha value is -1.32. The van der Waals surface area contributed by atoms with Crippen LogP contribution in [0.4, 0.5) is 0 Å². The van der Waals surface area contributed by atoms with Crippen LogP contribution < -0.4 is 4.74 Å². The Kier molecular flexibility index (Phi) is 4.79. The van der Waals surface area contributed by atoms with Gasteiger partial charge in [-0.2, -0.15) is 0 Å². The van der Waals surface area contributed by atoms with E-state index in [2.05, 4.69) is 4.98 Å². The third-order valence-corrected chi connectivity index (χ3v) is 2.83. The largest absolute Gasteiger partial charge is 0.490 e. The van der Waals surface area contributed by atoms with Crippen molar-refractivity contribution >= 4 is 22.5 Å². The van der Waals surface area contributed by atoms with E-state index in [1.165, 1.54) is 0 Å². The average Bonchev–Trinajstić information content (AvgIpc) is 2.43. The molecule has 1 aromatic heterocycles. The minimum absolute atomic E-state index is 0.382. The lowest BCUT2D eigenvalue weighted by molar-refractivity contribution is 0.110. The van der Waals surface area contributed by atoms with Gasteiger partial charge in [0.2, 0.25) is 0 Å². The van der Waals surface area contributed by atoms with Crippen LogP contribution in [0.3, 0.4) is 0 Å². The third kappa shape index (κ3) is 3.12. The first kappa shape index (κ1) is 13.1. The SMILES string of the molecule is CCOCCOc1cc(CCl)nc2ccccc12. The molecule has 0 aliphatic rings. The van der Waals surface area contributed by atoms with E-state index in [9.17, 15) is 0 Å². The molecule has 0 saturated carbocycles. The number of aromatic nitrogens is 1. The first-order valence-electron chi connectivity index (χ1n) is 6.00. The summed E-state index contributed by atoms with van der Waals surface area (Å²) in [5.41, 5.74) is 1.73. The Morgan fingerprint density at radius 2 is 2.06 bits per heavy atom. The average molecular weight is 266 g/mol. The fourth-order valence-corrected chi connectivity index (χ4v) is 1.88. The van der Waals surface area contributed by atoms with Gasteiger partial charge in [-0.25, -0.2) is 0 Å². The van der Waals surface area contributed by atoms with Crippen LogP contribution in [0.1, 0.15) is 12.6 Å². The summed E-state index contributed by atoms with van der Waals surface area (Å²) in [5, 5.41) is 1.00. The molecular formula is C14H16ClNO2. The third-order valence-electron chi connectivity index (χ3n) is 2.56. The lowest BCUT2D eigenvalue weighted by Crippen LogP contribution is -2.07. The Morgan fingerprint density at radius 1 is 1.22 bits per heavy atom. The number of halogens is 1. The van der Waals surface area contributed by atoms with Crippen molar-refractivity contribution in [3.05, 3.63) is 36.0 Å². The molecule has 0 aliphatic heterocycles. The van der Waals surface area contributed by atoms with Crippen LogP contribution in [-0.4, -0.2) is 24.8 Å². The van der Waals surface area contributed by atoms with Gasteiger partial charge in [-0.05, 0) is 19.1 Å². The van der Waals surface area contributed by atoms with E-state index < -0.39 is 0 Å². The number of hydrogen-bond acceptors (Lipinski definition) is 3. The summed E-state index contributed by atoms with van der Waals surface area (Å²) in [6.45, 7) is 3.79. The number of hydrogen-bond donors (Lipinski definition) is 0. The Morgan fingerprint density at radius 3 is 2.83 bits per heavy atom. The van der Waals surface area contributed by atoms with Crippen molar-refractivity contribution in [2.45, 2.75) is 12.8 Å². The first-order valence-corrected chi connectivity index (χ1v) is 6.53. The number of benzene rings is 1. The van der Waals surface area contributed by atoms with E-state index in [1.54, 1.807) is 0 Å². The molecule has 18 heavy (non-hydrogen) atoms. The van der Waals surface area contributed by atoms with Gasteiger partial charge in [-0.3, -0.25) is 4.98 Å². The molecule has 0 aliphatic carbocycles. The normalized spacial score (nSPS) is 10.8. The molecule has 0 fully saturated rings. The molecule has 2 aromatic rings. The predicted molar refractivity (Wildman–Crippen MR) is 73.3 cm³/mol. The Bertz CT molecular complexity index is 516. The Balaban J connectivity index is 2.23. The monoisotopic (exact) mass is 265 g/mol. The summed E-state index contributed by atoms with van der Waals surface area (Å²) in [6, 6.07) is 9.77. The van der Waals surface area contributed by atoms with E-state index >= 15 is 0 Å².